The third-order valence-corrected chi connectivity index (χ3v) is 4.26. The van der Waals surface area contributed by atoms with Gasteiger partial charge in [0, 0.05) is 5.92 Å². The quantitative estimate of drug-likeness (QED) is 0.730. The highest BCUT2D eigenvalue weighted by atomic mass is 32.2. The summed E-state index contributed by atoms with van der Waals surface area (Å²) in [6.45, 7) is 0.598. The lowest BCUT2D eigenvalue weighted by Crippen LogP contribution is -2.08. The molecule has 0 aromatic carbocycles. The normalized spacial score (nSPS) is 29.1. The van der Waals surface area contributed by atoms with Gasteiger partial charge in [0.1, 0.15) is 0 Å². The highest BCUT2D eigenvalue weighted by Gasteiger charge is 2.18. The van der Waals surface area contributed by atoms with Gasteiger partial charge in [-0.1, -0.05) is 0 Å². The van der Waals surface area contributed by atoms with Crippen LogP contribution in [0.3, 0.4) is 0 Å². The van der Waals surface area contributed by atoms with Gasteiger partial charge >= 0.3 is 0 Å². The molecule has 1 fully saturated rings. The summed E-state index contributed by atoms with van der Waals surface area (Å²) in [5.74, 6) is 3.20. The first-order valence-corrected chi connectivity index (χ1v) is 7.04. The standard InChI is InChI=1S/C8H11NO3S2/c10-14(11)6-8(3-9-14)12-4-7-1-2-13-5-7/h3,6-7H,1-2,4-5H2. The minimum Gasteiger partial charge on any atom is -0.491 e. The molecule has 78 valence electrons. The van der Waals surface area contributed by atoms with E-state index < -0.39 is 10.0 Å². The van der Waals surface area contributed by atoms with Crippen molar-refractivity contribution in [3.63, 3.8) is 0 Å². The highest BCUT2D eigenvalue weighted by Crippen LogP contribution is 2.24. The second-order valence-corrected chi connectivity index (χ2v) is 5.94. The maximum atomic E-state index is 10.9. The fourth-order valence-corrected chi connectivity index (χ4v) is 3.33. The number of rotatable bonds is 3. The predicted octanol–water partition coefficient (Wildman–Crippen LogP) is 1.01. The van der Waals surface area contributed by atoms with Crippen LogP contribution < -0.4 is 0 Å². The zero-order chi connectivity index (χ0) is 10.0. The Hall–Kier alpha value is -0.490. The van der Waals surface area contributed by atoms with E-state index in [1.54, 1.807) is 0 Å². The van der Waals surface area contributed by atoms with E-state index in [0.29, 0.717) is 18.3 Å². The highest BCUT2D eigenvalue weighted by molar-refractivity contribution is 7.99. The number of hydrogen-bond donors (Lipinski definition) is 0. The van der Waals surface area contributed by atoms with Crippen LogP contribution in [0, 0.1) is 5.92 Å². The molecule has 0 amide bonds. The summed E-state index contributed by atoms with van der Waals surface area (Å²) in [5, 5.41) is 1.06. The summed E-state index contributed by atoms with van der Waals surface area (Å²) in [4.78, 5) is 0. The summed E-state index contributed by atoms with van der Waals surface area (Å²) in [6.07, 6.45) is 2.42. The van der Waals surface area contributed by atoms with Gasteiger partial charge in [0.25, 0.3) is 10.0 Å². The molecule has 0 saturated carbocycles. The molecule has 2 heterocycles. The molecule has 2 rings (SSSR count). The van der Waals surface area contributed by atoms with E-state index >= 15 is 0 Å². The van der Waals surface area contributed by atoms with Crippen molar-refractivity contribution in [2.45, 2.75) is 6.42 Å². The van der Waals surface area contributed by atoms with Gasteiger partial charge in [-0.25, -0.2) is 0 Å². The molecule has 1 unspecified atom stereocenters. The van der Waals surface area contributed by atoms with Gasteiger partial charge < -0.3 is 4.74 Å². The zero-order valence-corrected chi connectivity index (χ0v) is 9.18. The molecule has 1 saturated heterocycles. The van der Waals surface area contributed by atoms with E-state index in [0.717, 1.165) is 17.6 Å². The van der Waals surface area contributed by atoms with Crippen molar-refractivity contribution in [1.82, 2.24) is 0 Å². The van der Waals surface area contributed by atoms with Gasteiger partial charge in [-0.3, -0.25) is 0 Å². The molecule has 0 spiro atoms. The molecule has 0 aromatic heterocycles. The summed E-state index contributed by atoms with van der Waals surface area (Å²) in [6, 6.07) is 0. The Balaban J connectivity index is 1.85. The maximum absolute atomic E-state index is 10.9. The van der Waals surface area contributed by atoms with Crippen molar-refractivity contribution in [1.29, 1.82) is 0 Å². The average molecular weight is 233 g/mol. The zero-order valence-electron chi connectivity index (χ0n) is 7.55. The molecular formula is C8H11NO3S2. The van der Waals surface area contributed by atoms with Crippen molar-refractivity contribution in [2.24, 2.45) is 10.3 Å². The Morgan fingerprint density at radius 2 is 2.50 bits per heavy atom. The van der Waals surface area contributed by atoms with Gasteiger partial charge in [-0.05, 0) is 17.9 Å². The van der Waals surface area contributed by atoms with E-state index in [1.165, 1.54) is 12.0 Å². The number of allylic oxidation sites excluding steroid dienone is 1. The van der Waals surface area contributed by atoms with Crippen molar-refractivity contribution in [2.75, 3.05) is 18.1 Å². The Bertz CT molecular complexity index is 366. The lowest BCUT2D eigenvalue weighted by Gasteiger charge is -2.08. The van der Waals surface area contributed by atoms with Gasteiger partial charge in [-0.2, -0.15) is 24.6 Å². The topological polar surface area (TPSA) is 55.7 Å². The summed E-state index contributed by atoms with van der Waals surface area (Å²) >= 11 is 1.91. The number of hydrogen-bond acceptors (Lipinski definition) is 4. The molecule has 4 nitrogen and oxygen atoms in total. The second kappa shape index (κ2) is 3.94. The minimum absolute atomic E-state index is 0.363. The van der Waals surface area contributed by atoms with Crippen LogP contribution in [0.4, 0.5) is 0 Å². The number of nitrogens with zero attached hydrogens (tertiary/aromatic N) is 1. The molecule has 0 radical (unpaired) electrons. The van der Waals surface area contributed by atoms with Crippen LogP contribution in [-0.4, -0.2) is 32.7 Å². The van der Waals surface area contributed by atoms with Crippen LogP contribution in [0.25, 0.3) is 0 Å². The van der Waals surface area contributed by atoms with Crippen molar-refractivity contribution >= 4 is 28.0 Å². The van der Waals surface area contributed by atoms with Gasteiger partial charge in [0.05, 0.1) is 18.2 Å². The van der Waals surface area contributed by atoms with Crippen LogP contribution in [0.2, 0.25) is 0 Å². The van der Waals surface area contributed by atoms with Crippen LogP contribution in [0.15, 0.2) is 15.6 Å². The average Bonchev–Trinajstić information content (AvgIpc) is 2.70. The first kappa shape index (κ1) is 10.0. The summed E-state index contributed by atoms with van der Waals surface area (Å²) in [5.41, 5.74) is 0. The van der Waals surface area contributed by atoms with Crippen LogP contribution in [0.1, 0.15) is 6.42 Å². The Morgan fingerprint density at radius 3 is 3.07 bits per heavy atom. The lowest BCUT2D eigenvalue weighted by molar-refractivity contribution is 0.193. The van der Waals surface area contributed by atoms with Gasteiger partial charge in [-0.15, -0.1) is 0 Å². The lowest BCUT2D eigenvalue weighted by atomic mass is 10.1. The SMILES string of the molecule is O=S1(=O)C=C(OCC2CCSC2)C=N1. The third-order valence-electron chi connectivity index (χ3n) is 2.10. The van der Waals surface area contributed by atoms with E-state index in [1.807, 2.05) is 11.8 Å². The number of thioether (sulfide) groups is 1. The number of sulfonamides is 1. The second-order valence-electron chi connectivity index (χ2n) is 3.31. The molecule has 6 heteroatoms. The molecular weight excluding hydrogens is 222 g/mol. The Morgan fingerprint density at radius 1 is 1.64 bits per heavy atom. The van der Waals surface area contributed by atoms with Crippen molar-refractivity contribution in [3.05, 3.63) is 11.2 Å². The molecule has 0 aromatic rings. The molecule has 14 heavy (non-hydrogen) atoms. The first-order valence-electron chi connectivity index (χ1n) is 4.38. The van der Waals surface area contributed by atoms with Crippen LogP contribution >= 0.6 is 11.8 Å². The minimum atomic E-state index is -3.36. The van der Waals surface area contributed by atoms with Crippen LogP contribution in [-0.2, 0) is 14.8 Å². The van der Waals surface area contributed by atoms with E-state index in [4.69, 9.17) is 4.74 Å². The fourth-order valence-electron chi connectivity index (χ4n) is 1.33. The fraction of sp³-hybridized carbons (Fsp3) is 0.625. The molecule has 0 bridgehead atoms. The largest absolute Gasteiger partial charge is 0.491 e. The Kier molecular flexibility index (Phi) is 2.83. The summed E-state index contributed by atoms with van der Waals surface area (Å²) < 4.78 is 30.4. The molecule has 1 atom stereocenters. The summed E-state index contributed by atoms with van der Waals surface area (Å²) in [7, 11) is -3.36. The first-order chi connectivity index (χ1) is 6.66. The van der Waals surface area contributed by atoms with Gasteiger partial charge in [0.15, 0.2) is 5.76 Å². The molecule has 0 N–H and O–H groups in total. The molecule has 0 aliphatic carbocycles. The van der Waals surface area contributed by atoms with Crippen molar-refractivity contribution < 1.29 is 13.2 Å². The van der Waals surface area contributed by atoms with Gasteiger partial charge in [0.2, 0.25) is 0 Å². The van der Waals surface area contributed by atoms with E-state index in [2.05, 4.69) is 4.40 Å². The maximum Gasteiger partial charge on any atom is 0.279 e. The monoisotopic (exact) mass is 233 g/mol. The third kappa shape index (κ3) is 2.51. The van der Waals surface area contributed by atoms with Crippen LogP contribution in [0.5, 0.6) is 0 Å². The van der Waals surface area contributed by atoms with E-state index in [-0.39, 0.29) is 0 Å². The predicted molar refractivity (Wildman–Crippen MR) is 56.9 cm³/mol. The smallest absolute Gasteiger partial charge is 0.279 e. The number of ether oxygens (including phenoxy) is 1. The van der Waals surface area contributed by atoms with Crippen molar-refractivity contribution in [3.8, 4) is 0 Å². The Labute approximate surface area is 87.5 Å². The van der Waals surface area contributed by atoms with E-state index in [9.17, 15) is 8.42 Å². The molecule has 2 aliphatic heterocycles. The molecule has 2 aliphatic rings.